The predicted molar refractivity (Wildman–Crippen MR) is 69.5 cm³/mol. The Hall–Kier alpha value is -2.36. The highest BCUT2D eigenvalue weighted by atomic mass is 16.6. The molecule has 1 aromatic carbocycles. The van der Waals surface area contributed by atoms with Crippen LogP contribution in [0.1, 0.15) is 16.8 Å². The molecule has 0 amide bonds. The lowest BCUT2D eigenvalue weighted by molar-refractivity contribution is 0.175. The molecule has 1 aromatic heterocycles. The van der Waals surface area contributed by atoms with Crippen LogP contribution in [0.15, 0.2) is 58.9 Å². The number of nitrogens with zero attached hydrogens (tertiary/aromatic N) is 2. The van der Waals surface area contributed by atoms with Gasteiger partial charge in [-0.25, -0.2) is 0 Å². The van der Waals surface area contributed by atoms with E-state index >= 15 is 0 Å². The van der Waals surface area contributed by atoms with Gasteiger partial charge in [-0.15, -0.1) is 0 Å². The average Bonchev–Trinajstić information content (AvgIpc) is 2.90. The van der Waals surface area contributed by atoms with Crippen LogP contribution in [0.25, 0.3) is 0 Å². The van der Waals surface area contributed by atoms with Gasteiger partial charge in [0.05, 0.1) is 0 Å². The molecule has 2 aromatic rings. The number of oxime groups is 1. The van der Waals surface area contributed by atoms with Crippen molar-refractivity contribution in [1.29, 1.82) is 0 Å². The Bertz CT molecular complexity index is 527. The van der Waals surface area contributed by atoms with Gasteiger partial charge < -0.3 is 9.36 Å². The topological polar surface area (TPSA) is 47.6 Å². The van der Waals surface area contributed by atoms with Crippen molar-refractivity contribution in [2.45, 2.75) is 6.92 Å². The summed E-state index contributed by atoms with van der Waals surface area (Å²) in [6.45, 7) is 5.96. The monoisotopic (exact) mass is 242 g/mol. The Balaban J connectivity index is 2.33. The van der Waals surface area contributed by atoms with Crippen LogP contribution in [0.5, 0.6) is 0 Å². The zero-order valence-electron chi connectivity index (χ0n) is 10.2. The van der Waals surface area contributed by atoms with E-state index in [9.17, 15) is 0 Å². The fourth-order valence-corrected chi connectivity index (χ4v) is 1.45. The maximum Gasteiger partial charge on any atom is 0.139 e. The molecule has 0 spiro atoms. The first-order valence-electron chi connectivity index (χ1n) is 5.60. The van der Waals surface area contributed by atoms with E-state index in [4.69, 9.17) is 9.36 Å². The van der Waals surface area contributed by atoms with Gasteiger partial charge in [0.25, 0.3) is 0 Å². The smallest absolute Gasteiger partial charge is 0.139 e. The maximum absolute atomic E-state index is 5.14. The lowest BCUT2D eigenvalue weighted by Crippen LogP contribution is -2.05. The van der Waals surface area contributed by atoms with Crippen LogP contribution in [0.3, 0.4) is 0 Å². The summed E-state index contributed by atoms with van der Waals surface area (Å²) in [5.74, 6) is 0. The summed E-state index contributed by atoms with van der Waals surface area (Å²) in [6.07, 6.45) is 3.14. The minimum atomic E-state index is 0.354. The van der Waals surface area contributed by atoms with E-state index < -0.39 is 0 Å². The van der Waals surface area contributed by atoms with Gasteiger partial charge in [-0.1, -0.05) is 52.8 Å². The molecule has 2 rings (SSSR count). The second-order valence-electron chi connectivity index (χ2n) is 3.78. The van der Waals surface area contributed by atoms with Gasteiger partial charge in [0.1, 0.15) is 24.3 Å². The molecule has 0 fully saturated rings. The number of benzene rings is 1. The Morgan fingerprint density at radius 3 is 2.78 bits per heavy atom. The van der Waals surface area contributed by atoms with Crippen molar-refractivity contribution in [2.24, 2.45) is 5.16 Å². The molecule has 4 heteroatoms. The Morgan fingerprint density at radius 2 is 2.17 bits per heavy atom. The van der Waals surface area contributed by atoms with Crippen LogP contribution in [-0.4, -0.2) is 17.5 Å². The average molecular weight is 242 g/mol. The molecule has 0 atom stereocenters. The summed E-state index contributed by atoms with van der Waals surface area (Å²) < 4.78 is 4.84. The number of aromatic nitrogens is 1. The summed E-state index contributed by atoms with van der Waals surface area (Å²) in [4.78, 5) is 5.14. The zero-order chi connectivity index (χ0) is 12.8. The standard InChI is InChI=1S/C14H14N2O2/c1-3-9-17-16-14(13-8-10-18-15-13)12-6-4-11(2)5-7-12/h3-8,10H,1,9H2,2H3/b16-14-. The van der Waals surface area contributed by atoms with E-state index in [0.717, 1.165) is 5.56 Å². The van der Waals surface area contributed by atoms with Gasteiger partial charge in [0, 0.05) is 11.6 Å². The lowest BCUT2D eigenvalue weighted by atomic mass is 10.1. The van der Waals surface area contributed by atoms with Crippen LogP contribution >= 0.6 is 0 Å². The summed E-state index contributed by atoms with van der Waals surface area (Å²) in [7, 11) is 0. The predicted octanol–water partition coefficient (Wildman–Crippen LogP) is 2.94. The molecule has 4 nitrogen and oxygen atoms in total. The highest BCUT2D eigenvalue weighted by molar-refractivity contribution is 6.11. The first-order chi connectivity index (χ1) is 8.81. The quantitative estimate of drug-likeness (QED) is 0.350. The molecular formula is C14H14N2O2. The van der Waals surface area contributed by atoms with Crippen LogP contribution < -0.4 is 0 Å². The van der Waals surface area contributed by atoms with Crippen molar-refractivity contribution in [2.75, 3.05) is 6.61 Å². The van der Waals surface area contributed by atoms with Crippen LogP contribution in [0.4, 0.5) is 0 Å². The molecule has 0 radical (unpaired) electrons. The summed E-state index contributed by atoms with van der Waals surface area (Å²) in [5, 5.41) is 7.96. The SMILES string of the molecule is C=CCO/N=C(/c1ccc(C)cc1)c1ccon1. The molecule has 1 heterocycles. The maximum atomic E-state index is 5.14. The molecule has 0 saturated carbocycles. The van der Waals surface area contributed by atoms with E-state index in [0.29, 0.717) is 18.0 Å². The van der Waals surface area contributed by atoms with Gasteiger partial charge in [0.2, 0.25) is 0 Å². The second-order valence-corrected chi connectivity index (χ2v) is 3.78. The van der Waals surface area contributed by atoms with E-state index in [1.54, 1.807) is 12.1 Å². The second kappa shape index (κ2) is 5.82. The molecule has 0 aliphatic heterocycles. The van der Waals surface area contributed by atoms with Crippen molar-refractivity contribution >= 4 is 5.71 Å². The fourth-order valence-electron chi connectivity index (χ4n) is 1.45. The van der Waals surface area contributed by atoms with Gasteiger partial charge in [-0.2, -0.15) is 0 Å². The van der Waals surface area contributed by atoms with Gasteiger partial charge >= 0.3 is 0 Å². The highest BCUT2D eigenvalue weighted by Gasteiger charge is 2.10. The summed E-state index contributed by atoms with van der Waals surface area (Å²) in [6, 6.07) is 9.72. The Labute approximate surface area is 106 Å². The zero-order valence-corrected chi connectivity index (χ0v) is 10.2. The summed E-state index contributed by atoms with van der Waals surface area (Å²) in [5.41, 5.74) is 3.40. The molecule has 0 bridgehead atoms. The molecule has 0 unspecified atom stereocenters. The first kappa shape index (κ1) is 12.1. The highest BCUT2D eigenvalue weighted by Crippen LogP contribution is 2.11. The third-order valence-electron chi connectivity index (χ3n) is 2.35. The van der Waals surface area contributed by atoms with E-state index in [2.05, 4.69) is 16.9 Å². The number of hydrogen-bond acceptors (Lipinski definition) is 4. The van der Waals surface area contributed by atoms with Crippen molar-refractivity contribution in [3.05, 3.63) is 66.1 Å². The minimum Gasteiger partial charge on any atom is -0.391 e. The van der Waals surface area contributed by atoms with Crippen molar-refractivity contribution in [3.63, 3.8) is 0 Å². The number of rotatable bonds is 5. The Kier molecular flexibility index (Phi) is 3.91. The van der Waals surface area contributed by atoms with Crippen LogP contribution in [0, 0.1) is 6.92 Å². The van der Waals surface area contributed by atoms with Gasteiger partial charge in [-0.3, -0.25) is 0 Å². The number of aryl methyl sites for hydroxylation is 1. The normalized spacial score (nSPS) is 11.3. The molecule has 0 aliphatic rings. The third-order valence-corrected chi connectivity index (χ3v) is 2.35. The minimum absolute atomic E-state index is 0.354. The molecule has 0 N–H and O–H groups in total. The molecule has 0 aliphatic carbocycles. The van der Waals surface area contributed by atoms with Crippen molar-refractivity contribution in [1.82, 2.24) is 5.16 Å². The number of hydrogen-bond donors (Lipinski definition) is 0. The van der Waals surface area contributed by atoms with E-state index in [1.807, 2.05) is 31.2 Å². The van der Waals surface area contributed by atoms with Crippen LogP contribution in [-0.2, 0) is 4.84 Å². The van der Waals surface area contributed by atoms with Gasteiger partial charge in [0.15, 0.2) is 0 Å². The Morgan fingerprint density at radius 1 is 1.39 bits per heavy atom. The fraction of sp³-hybridized carbons (Fsp3) is 0.143. The molecular weight excluding hydrogens is 228 g/mol. The van der Waals surface area contributed by atoms with E-state index in [1.165, 1.54) is 11.8 Å². The third kappa shape index (κ3) is 2.85. The largest absolute Gasteiger partial charge is 0.391 e. The first-order valence-corrected chi connectivity index (χ1v) is 5.60. The summed E-state index contributed by atoms with van der Waals surface area (Å²) >= 11 is 0. The lowest BCUT2D eigenvalue weighted by Gasteiger charge is -2.03. The van der Waals surface area contributed by atoms with E-state index in [-0.39, 0.29) is 0 Å². The molecule has 18 heavy (non-hydrogen) atoms. The van der Waals surface area contributed by atoms with Crippen LogP contribution in [0.2, 0.25) is 0 Å². The van der Waals surface area contributed by atoms with Crippen molar-refractivity contribution in [3.8, 4) is 0 Å². The molecule has 0 saturated heterocycles. The molecule has 92 valence electrons. The van der Waals surface area contributed by atoms with Crippen molar-refractivity contribution < 1.29 is 9.36 Å². The van der Waals surface area contributed by atoms with Gasteiger partial charge in [-0.05, 0) is 6.92 Å².